The quantitative estimate of drug-likeness (QED) is 0.779. The van der Waals surface area contributed by atoms with Gasteiger partial charge in [-0.25, -0.2) is 4.39 Å². The molecule has 1 aromatic rings. The third-order valence-electron chi connectivity index (χ3n) is 2.78. The molecule has 0 saturated heterocycles. The Kier molecular flexibility index (Phi) is 5.47. The highest BCUT2D eigenvalue weighted by molar-refractivity contribution is 5.16. The van der Waals surface area contributed by atoms with E-state index in [0.717, 1.165) is 24.9 Å². The minimum atomic E-state index is -0.135. The van der Waals surface area contributed by atoms with Crippen molar-refractivity contribution in [3.8, 4) is 0 Å². The van der Waals surface area contributed by atoms with E-state index in [1.807, 2.05) is 6.07 Å². The Morgan fingerprint density at radius 3 is 2.69 bits per heavy atom. The SMILES string of the molecule is CCNC(C)CC(C)Cc1cccc(F)c1. The second-order valence-electron chi connectivity index (χ2n) is 4.63. The summed E-state index contributed by atoms with van der Waals surface area (Å²) in [6, 6.07) is 7.44. The summed E-state index contributed by atoms with van der Waals surface area (Å²) in [5.41, 5.74) is 1.09. The minimum Gasteiger partial charge on any atom is -0.315 e. The number of benzene rings is 1. The molecule has 0 bridgehead atoms. The van der Waals surface area contributed by atoms with Gasteiger partial charge in [-0.05, 0) is 49.9 Å². The first-order chi connectivity index (χ1) is 7.61. The topological polar surface area (TPSA) is 12.0 Å². The molecule has 90 valence electrons. The maximum absolute atomic E-state index is 13.0. The van der Waals surface area contributed by atoms with Crippen LogP contribution in [0.3, 0.4) is 0 Å². The molecule has 0 aliphatic heterocycles. The molecule has 0 saturated carbocycles. The summed E-state index contributed by atoms with van der Waals surface area (Å²) in [7, 11) is 0. The van der Waals surface area contributed by atoms with Crippen LogP contribution in [-0.4, -0.2) is 12.6 Å². The number of nitrogens with one attached hydrogen (secondary N) is 1. The number of rotatable bonds is 6. The summed E-state index contributed by atoms with van der Waals surface area (Å²) in [5, 5.41) is 3.40. The van der Waals surface area contributed by atoms with Crippen molar-refractivity contribution in [2.75, 3.05) is 6.54 Å². The van der Waals surface area contributed by atoms with Crippen LogP contribution < -0.4 is 5.32 Å². The van der Waals surface area contributed by atoms with Gasteiger partial charge in [0.15, 0.2) is 0 Å². The fourth-order valence-corrected chi connectivity index (χ4v) is 2.18. The molecule has 2 atom stereocenters. The van der Waals surface area contributed by atoms with E-state index >= 15 is 0 Å². The molecule has 0 amide bonds. The third-order valence-corrected chi connectivity index (χ3v) is 2.78. The third kappa shape index (κ3) is 4.75. The monoisotopic (exact) mass is 223 g/mol. The molecular formula is C14H22FN. The number of hydrogen-bond donors (Lipinski definition) is 1. The maximum atomic E-state index is 13.0. The summed E-state index contributed by atoms with van der Waals surface area (Å²) in [5.74, 6) is 0.445. The van der Waals surface area contributed by atoms with E-state index in [4.69, 9.17) is 0 Å². The summed E-state index contributed by atoms with van der Waals surface area (Å²) in [6.07, 6.45) is 2.08. The zero-order chi connectivity index (χ0) is 12.0. The lowest BCUT2D eigenvalue weighted by molar-refractivity contribution is 0.426. The Labute approximate surface area is 98.1 Å². The molecule has 2 heteroatoms. The zero-order valence-electron chi connectivity index (χ0n) is 10.5. The highest BCUT2D eigenvalue weighted by Gasteiger charge is 2.08. The van der Waals surface area contributed by atoms with Crippen molar-refractivity contribution in [2.45, 2.75) is 39.7 Å². The van der Waals surface area contributed by atoms with Crippen LogP contribution in [0.15, 0.2) is 24.3 Å². The first-order valence-corrected chi connectivity index (χ1v) is 6.09. The maximum Gasteiger partial charge on any atom is 0.123 e. The molecule has 2 unspecified atom stereocenters. The summed E-state index contributed by atoms with van der Waals surface area (Å²) in [6.45, 7) is 7.55. The molecule has 0 spiro atoms. The van der Waals surface area contributed by atoms with Crippen LogP contribution >= 0.6 is 0 Å². The minimum absolute atomic E-state index is 0.135. The van der Waals surface area contributed by atoms with Gasteiger partial charge >= 0.3 is 0 Å². The van der Waals surface area contributed by atoms with E-state index in [1.165, 1.54) is 6.07 Å². The van der Waals surface area contributed by atoms with Gasteiger partial charge in [0.25, 0.3) is 0 Å². The fourth-order valence-electron chi connectivity index (χ4n) is 2.18. The fraction of sp³-hybridized carbons (Fsp3) is 0.571. The van der Waals surface area contributed by atoms with Gasteiger partial charge in [-0.1, -0.05) is 26.0 Å². The smallest absolute Gasteiger partial charge is 0.123 e. The van der Waals surface area contributed by atoms with Crippen LogP contribution in [-0.2, 0) is 6.42 Å². The molecule has 16 heavy (non-hydrogen) atoms. The molecule has 0 radical (unpaired) electrons. The lowest BCUT2D eigenvalue weighted by Gasteiger charge is -2.17. The van der Waals surface area contributed by atoms with Gasteiger partial charge in [-0.2, -0.15) is 0 Å². The van der Waals surface area contributed by atoms with Crippen LogP contribution in [0.4, 0.5) is 4.39 Å². The average molecular weight is 223 g/mol. The van der Waals surface area contributed by atoms with Crippen molar-refractivity contribution in [1.29, 1.82) is 0 Å². The summed E-state index contributed by atoms with van der Waals surface area (Å²) >= 11 is 0. The van der Waals surface area contributed by atoms with E-state index in [2.05, 4.69) is 26.1 Å². The van der Waals surface area contributed by atoms with Gasteiger partial charge in [0.1, 0.15) is 5.82 Å². The molecule has 0 aliphatic rings. The van der Waals surface area contributed by atoms with Crippen molar-refractivity contribution in [2.24, 2.45) is 5.92 Å². The van der Waals surface area contributed by atoms with Gasteiger partial charge in [0, 0.05) is 6.04 Å². The lowest BCUT2D eigenvalue weighted by atomic mass is 9.95. The van der Waals surface area contributed by atoms with Crippen LogP contribution in [0.2, 0.25) is 0 Å². The van der Waals surface area contributed by atoms with E-state index in [-0.39, 0.29) is 5.82 Å². The standard InChI is InChI=1S/C14H22FN/c1-4-16-12(3)8-11(2)9-13-6-5-7-14(15)10-13/h5-7,10-12,16H,4,8-9H2,1-3H3. The van der Waals surface area contributed by atoms with Crippen molar-refractivity contribution < 1.29 is 4.39 Å². The van der Waals surface area contributed by atoms with Gasteiger partial charge in [-0.3, -0.25) is 0 Å². The number of halogens is 1. The van der Waals surface area contributed by atoms with Crippen LogP contribution in [0.25, 0.3) is 0 Å². The Balaban J connectivity index is 2.42. The van der Waals surface area contributed by atoms with E-state index in [0.29, 0.717) is 12.0 Å². The Bertz CT molecular complexity index is 311. The molecule has 0 aliphatic carbocycles. The largest absolute Gasteiger partial charge is 0.315 e. The lowest BCUT2D eigenvalue weighted by Crippen LogP contribution is -2.27. The molecule has 0 heterocycles. The van der Waals surface area contributed by atoms with Crippen LogP contribution in [0, 0.1) is 11.7 Å². The molecule has 1 nitrogen and oxygen atoms in total. The normalized spacial score (nSPS) is 14.8. The summed E-state index contributed by atoms with van der Waals surface area (Å²) in [4.78, 5) is 0. The number of hydrogen-bond acceptors (Lipinski definition) is 1. The predicted octanol–water partition coefficient (Wildman–Crippen LogP) is 3.39. The van der Waals surface area contributed by atoms with Gasteiger partial charge in [0.2, 0.25) is 0 Å². The Morgan fingerprint density at radius 2 is 2.06 bits per heavy atom. The second kappa shape index (κ2) is 6.64. The van der Waals surface area contributed by atoms with E-state index < -0.39 is 0 Å². The Morgan fingerprint density at radius 1 is 1.31 bits per heavy atom. The van der Waals surface area contributed by atoms with Crippen LogP contribution in [0.5, 0.6) is 0 Å². The molecule has 0 aromatic heterocycles. The molecule has 1 aromatic carbocycles. The highest BCUT2D eigenvalue weighted by Crippen LogP contribution is 2.14. The second-order valence-corrected chi connectivity index (χ2v) is 4.63. The molecule has 1 N–H and O–H groups in total. The molecular weight excluding hydrogens is 201 g/mol. The average Bonchev–Trinajstić information content (AvgIpc) is 2.17. The van der Waals surface area contributed by atoms with Crippen molar-refractivity contribution in [3.05, 3.63) is 35.6 Å². The molecule has 0 fully saturated rings. The van der Waals surface area contributed by atoms with E-state index in [1.54, 1.807) is 12.1 Å². The van der Waals surface area contributed by atoms with Gasteiger partial charge < -0.3 is 5.32 Å². The first kappa shape index (κ1) is 13.2. The highest BCUT2D eigenvalue weighted by atomic mass is 19.1. The van der Waals surface area contributed by atoms with Crippen molar-refractivity contribution in [3.63, 3.8) is 0 Å². The van der Waals surface area contributed by atoms with Crippen molar-refractivity contribution >= 4 is 0 Å². The van der Waals surface area contributed by atoms with Crippen LogP contribution in [0.1, 0.15) is 32.8 Å². The van der Waals surface area contributed by atoms with E-state index in [9.17, 15) is 4.39 Å². The van der Waals surface area contributed by atoms with Crippen molar-refractivity contribution in [1.82, 2.24) is 5.32 Å². The first-order valence-electron chi connectivity index (χ1n) is 6.09. The predicted molar refractivity (Wildman–Crippen MR) is 67.0 cm³/mol. The zero-order valence-corrected chi connectivity index (χ0v) is 10.5. The summed E-state index contributed by atoms with van der Waals surface area (Å²) < 4.78 is 13.0. The van der Waals surface area contributed by atoms with Gasteiger partial charge in [-0.15, -0.1) is 0 Å². The molecule has 1 rings (SSSR count). The Hall–Kier alpha value is -0.890. The van der Waals surface area contributed by atoms with Gasteiger partial charge in [0.05, 0.1) is 0 Å².